The summed E-state index contributed by atoms with van der Waals surface area (Å²) in [4.78, 5) is 0. The Morgan fingerprint density at radius 2 is 1.79 bits per heavy atom. The van der Waals surface area contributed by atoms with Gasteiger partial charge in [-0.2, -0.15) is 13.2 Å². The summed E-state index contributed by atoms with van der Waals surface area (Å²) in [5.41, 5.74) is 5.09. The van der Waals surface area contributed by atoms with Crippen molar-refractivity contribution in [3.05, 3.63) is 32.7 Å². The zero-order chi connectivity index (χ0) is 10.9. The molecule has 0 unspecified atom stereocenters. The topological polar surface area (TPSA) is 26.0 Å². The first-order valence-electron chi connectivity index (χ1n) is 3.60. The highest BCUT2D eigenvalue weighted by atomic mass is 79.9. The lowest BCUT2D eigenvalue weighted by Crippen LogP contribution is -2.28. The molecule has 78 valence electrons. The van der Waals surface area contributed by atoms with E-state index in [0.717, 1.165) is 0 Å². The van der Waals surface area contributed by atoms with Crippen LogP contribution < -0.4 is 5.73 Å². The number of hydrogen-bond donors (Lipinski definition) is 1. The molecule has 2 N–H and O–H groups in total. The summed E-state index contributed by atoms with van der Waals surface area (Å²) in [6, 6.07) is 2.52. The van der Waals surface area contributed by atoms with Gasteiger partial charge in [0, 0.05) is 8.95 Å². The quantitative estimate of drug-likeness (QED) is 0.832. The van der Waals surface area contributed by atoms with Gasteiger partial charge in [-0.3, -0.25) is 0 Å². The number of benzene rings is 1. The van der Waals surface area contributed by atoms with E-state index in [-0.39, 0.29) is 5.56 Å². The number of rotatable bonds is 1. The summed E-state index contributed by atoms with van der Waals surface area (Å²) in [6.07, 6.45) is -4.43. The van der Waals surface area contributed by atoms with E-state index in [1.807, 2.05) is 0 Å². The molecule has 0 aromatic heterocycles. The van der Waals surface area contributed by atoms with Crippen molar-refractivity contribution in [3.8, 4) is 0 Å². The standard InChI is InChI=1S/C8H6Br2F3N/c9-5-3-1-2-4(6(5)10)7(14)8(11,12)13/h1-3,7H,14H2/t7-/m1/s1. The van der Waals surface area contributed by atoms with Crippen LogP contribution in [0, 0.1) is 0 Å². The molecule has 0 fully saturated rings. The minimum absolute atomic E-state index is 0.0203. The Hall–Kier alpha value is -0.0700. The van der Waals surface area contributed by atoms with E-state index in [1.54, 1.807) is 6.07 Å². The maximum absolute atomic E-state index is 12.3. The zero-order valence-corrected chi connectivity index (χ0v) is 9.95. The highest BCUT2D eigenvalue weighted by Crippen LogP contribution is 2.37. The van der Waals surface area contributed by atoms with Gasteiger partial charge in [-0.15, -0.1) is 0 Å². The van der Waals surface area contributed by atoms with E-state index in [1.165, 1.54) is 12.1 Å². The third kappa shape index (κ3) is 2.49. The van der Waals surface area contributed by atoms with Gasteiger partial charge in [0.25, 0.3) is 0 Å². The van der Waals surface area contributed by atoms with E-state index in [0.29, 0.717) is 8.95 Å². The molecule has 0 saturated heterocycles. The maximum Gasteiger partial charge on any atom is 0.407 e. The lowest BCUT2D eigenvalue weighted by molar-refractivity contribution is -0.149. The molecule has 0 aliphatic heterocycles. The fourth-order valence-corrected chi connectivity index (χ4v) is 1.83. The van der Waals surface area contributed by atoms with E-state index in [2.05, 4.69) is 31.9 Å². The maximum atomic E-state index is 12.3. The molecule has 14 heavy (non-hydrogen) atoms. The number of alkyl halides is 3. The largest absolute Gasteiger partial charge is 0.407 e. The number of halogens is 5. The summed E-state index contributed by atoms with van der Waals surface area (Å²) in [5, 5.41) is 0. The zero-order valence-electron chi connectivity index (χ0n) is 6.78. The van der Waals surface area contributed by atoms with Crippen molar-refractivity contribution in [2.75, 3.05) is 0 Å². The summed E-state index contributed by atoms with van der Waals surface area (Å²) >= 11 is 6.16. The van der Waals surface area contributed by atoms with Crippen molar-refractivity contribution < 1.29 is 13.2 Å². The van der Waals surface area contributed by atoms with Crippen LogP contribution in [-0.4, -0.2) is 6.18 Å². The highest BCUT2D eigenvalue weighted by molar-refractivity contribution is 9.13. The summed E-state index contributed by atoms with van der Waals surface area (Å²) < 4.78 is 37.7. The first-order valence-corrected chi connectivity index (χ1v) is 5.19. The van der Waals surface area contributed by atoms with Gasteiger partial charge in [-0.1, -0.05) is 12.1 Å². The summed E-state index contributed by atoms with van der Waals surface area (Å²) in [6.45, 7) is 0. The predicted octanol–water partition coefficient (Wildman–Crippen LogP) is 3.77. The first-order chi connectivity index (χ1) is 6.34. The first kappa shape index (κ1) is 12.0. The smallest absolute Gasteiger partial charge is 0.316 e. The van der Waals surface area contributed by atoms with Gasteiger partial charge in [-0.05, 0) is 43.5 Å². The van der Waals surface area contributed by atoms with Crippen molar-refractivity contribution in [2.24, 2.45) is 5.73 Å². The van der Waals surface area contributed by atoms with E-state index >= 15 is 0 Å². The van der Waals surface area contributed by atoms with Crippen LogP contribution in [0.2, 0.25) is 0 Å². The molecule has 0 radical (unpaired) electrons. The lowest BCUT2D eigenvalue weighted by atomic mass is 10.1. The Morgan fingerprint density at radius 1 is 1.21 bits per heavy atom. The second kappa shape index (κ2) is 4.20. The van der Waals surface area contributed by atoms with Crippen LogP contribution in [0.4, 0.5) is 13.2 Å². The minimum Gasteiger partial charge on any atom is -0.316 e. The molecule has 0 heterocycles. The third-order valence-corrected chi connectivity index (χ3v) is 3.75. The van der Waals surface area contributed by atoms with Crippen molar-refractivity contribution >= 4 is 31.9 Å². The highest BCUT2D eigenvalue weighted by Gasteiger charge is 2.38. The molecule has 0 amide bonds. The fraction of sp³-hybridized carbons (Fsp3) is 0.250. The van der Waals surface area contributed by atoms with Gasteiger partial charge in [0.1, 0.15) is 6.04 Å². The van der Waals surface area contributed by atoms with Crippen LogP contribution in [0.25, 0.3) is 0 Å². The molecule has 0 aliphatic rings. The van der Waals surface area contributed by atoms with E-state index in [9.17, 15) is 13.2 Å². The Morgan fingerprint density at radius 3 is 2.29 bits per heavy atom. The van der Waals surface area contributed by atoms with Gasteiger partial charge in [0.2, 0.25) is 0 Å². The molecule has 1 aromatic rings. The Bertz CT molecular complexity index is 338. The average molecular weight is 333 g/mol. The van der Waals surface area contributed by atoms with E-state index in [4.69, 9.17) is 5.73 Å². The molecule has 1 aromatic carbocycles. The van der Waals surface area contributed by atoms with Gasteiger partial charge in [-0.25, -0.2) is 0 Å². The van der Waals surface area contributed by atoms with Crippen molar-refractivity contribution in [1.29, 1.82) is 0 Å². The van der Waals surface area contributed by atoms with Crippen molar-refractivity contribution in [2.45, 2.75) is 12.2 Å². The van der Waals surface area contributed by atoms with Gasteiger partial charge in [0.15, 0.2) is 0 Å². The van der Waals surface area contributed by atoms with Gasteiger partial charge < -0.3 is 5.73 Å². The third-order valence-electron chi connectivity index (χ3n) is 1.67. The molecular formula is C8H6Br2F3N. The molecule has 0 bridgehead atoms. The number of nitrogens with two attached hydrogens (primary N) is 1. The molecule has 6 heteroatoms. The molecule has 0 aliphatic carbocycles. The SMILES string of the molecule is N[C@H](c1cccc(Br)c1Br)C(F)(F)F. The molecule has 1 rings (SSSR count). The van der Waals surface area contributed by atoms with Crippen LogP contribution in [-0.2, 0) is 0 Å². The van der Waals surface area contributed by atoms with Gasteiger partial charge in [0.05, 0.1) is 0 Å². The van der Waals surface area contributed by atoms with Crippen LogP contribution in [0.5, 0.6) is 0 Å². The molecule has 1 nitrogen and oxygen atoms in total. The molecule has 0 saturated carbocycles. The van der Waals surface area contributed by atoms with Crippen LogP contribution >= 0.6 is 31.9 Å². The summed E-state index contributed by atoms with van der Waals surface area (Å²) in [7, 11) is 0. The second-order valence-electron chi connectivity index (χ2n) is 2.66. The Kier molecular flexibility index (Phi) is 3.60. The fourth-order valence-electron chi connectivity index (χ4n) is 0.937. The van der Waals surface area contributed by atoms with Crippen molar-refractivity contribution in [3.63, 3.8) is 0 Å². The normalized spacial score (nSPS) is 14.1. The number of hydrogen-bond acceptors (Lipinski definition) is 1. The predicted molar refractivity (Wildman–Crippen MR) is 54.8 cm³/mol. The lowest BCUT2D eigenvalue weighted by Gasteiger charge is -2.17. The van der Waals surface area contributed by atoms with E-state index < -0.39 is 12.2 Å². The van der Waals surface area contributed by atoms with Crippen LogP contribution in [0.1, 0.15) is 11.6 Å². The molecule has 1 atom stereocenters. The van der Waals surface area contributed by atoms with Crippen LogP contribution in [0.15, 0.2) is 27.1 Å². The average Bonchev–Trinajstić information content (AvgIpc) is 2.07. The Balaban J connectivity index is 3.14. The summed E-state index contributed by atoms with van der Waals surface area (Å²) in [5.74, 6) is 0. The van der Waals surface area contributed by atoms with Crippen LogP contribution in [0.3, 0.4) is 0 Å². The van der Waals surface area contributed by atoms with Crippen molar-refractivity contribution in [1.82, 2.24) is 0 Å². The minimum atomic E-state index is -4.43. The molecule has 0 spiro atoms. The van der Waals surface area contributed by atoms with Gasteiger partial charge >= 0.3 is 6.18 Å². The monoisotopic (exact) mass is 331 g/mol. The molecular weight excluding hydrogens is 327 g/mol. The second-order valence-corrected chi connectivity index (χ2v) is 4.31. The Labute approximate surface area is 95.7 Å².